The molecule has 0 unspecified atom stereocenters. The number of nitrogens with zero attached hydrogens (tertiary/aromatic N) is 2. The van der Waals surface area contributed by atoms with Crippen LogP contribution in [-0.2, 0) is 20.3 Å². The summed E-state index contributed by atoms with van der Waals surface area (Å²) in [6.45, 7) is 11.8. The van der Waals surface area contributed by atoms with Crippen LogP contribution in [0.1, 0.15) is 38.8 Å². The molecule has 4 rings (SSSR count). The first-order valence-corrected chi connectivity index (χ1v) is 14.1. The largest absolute Gasteiger partial charge is 0.383 e. The first-order chi connectivity index (χ1) is 18.6. The van der Waals surface area contributed by atoms with Gasteiger partial charge in [-0.1, -0.05) is 67.4 Å². The minimum absolute atomic E-state index is 0.157. The van der Waals surface area contributed by atoms with Gasteiger partial charge in [0.2, 0.25) is 5.69 Å². The van der Waals surface area contributed by atoms with Crippen LogP contribution < -0.4 is 4.90 Å². The number of methoxy groups -OCH3 is 2. The molecule has 2 aliphatic rings. The third-order valence-electron chi connectivity index (χ3n) is 7.70. The summed E-state index contributed by atoms with van der Waals surface area (Å²) in [7, 11) is 3.47. The summed E-state index contributed by atoms with van der Waals surface area (Å²) in [5.74, 6) is 0. The van der Waals surface area contributed by atoms with Gasteiger partial charge in [-0.05, 0) is 55.8 Å². The summed E-state index contributed by atoms with van der Waals surface area (Å²) in [5.41, 5.74) is 7.00. The van der Waals surface area contributed by atoms with Crippen LogP contribution in [0, 0.1) is 0 Å². The molecule has 0 aromatic heterocycles. The van der Waals surface area contributed by atoms with Gasteiger partial charge in [0.1, 0.15) is 6.61 Å². The van der Waals surface area contributed by atoms with Crippen molar-refractivity contribution in [1.82, 2.24) is 0 Å². The van der Waals surface area contributed by atoms with E-state index in [1.165, 1.54) is 33.9 Å². The lowest BCUT2D eigenvalue weighted by Gasteiger charge is -2.26. The van der Waals surface area contributed by atoms with Gasteiger partial charge in [-0.15, -0.1) is 0 Å². The maximum Gasteiger partial charge on any atom is 0.209 e. The van der Waals surface area contributed by atoms with Crippen molar-refractivity contribution in [3.05, 3.63) is 106 Å². The predicted molar refractivity (Wildman–Crippen MR) is 165 cm³/mol. The van der Waals surface area contributed by atoms with Crippen LogP contribution in [0.25, 0.3) is 0 Å². The standard InChI is InChI=1S/C33H39Cl2N2O2/c1-32(2)26-22-24(34)14-16-28(26)36(18-20-38-5)30(32)12-10-8-7-9-11-13-31-33(3,4)27-23-25(35)15-17-29(27)37(31)19-21-39-6/h7-17,22-23H,18-21H2,1-6H3/q+1. The maximum atomic E-state index is 6.35. The van der Waals surface area contributed by atoms with Crippen molar-refractivity contribution < 1.29 is 14.0 Å². The zero-order chi connectivity index (χ0) is 28.2. The Labute approximate surface area is 243 Å². The Morgan fingerprint density at radius 2 is 1.44 bits per heavy atom. The molecule has 2 aromatic carbocycles. The summed E-state index contributed by atoms with van der Waals surface area (Å²) in [6.07, 6.45) is 14.8. The molecule has 0 spiro atoms. The highest BCUT2D eigenvalue weighted by atomic mass is 35.5. The van der Waals surface area contributed by atoms with E-state index >= 15 is 0 Å². The Hall–Kier alpha value is -2.63. The highest BCUT2D eigenvalue weighted by Crippen LogP contribution is 2.48. The van der Waals surface area contributed by atoms with Crippen molar-refractivity contribution >= 4 is 40.3 Å². The van der Waals surface area contributed by atoms with Crippen LogP contribution in [0.4, 0.5) is 11.4 Å². The van der Waals surface area contributed by atoms with Gasteiger partial charge in [0.25, 0.3) is 0 Å². The molecule has 0 radical (unpaired) electrons. The normalized spacial score (nSPS) is 18.9. The van der Waals surface area contributed by atoms with E-state index in [4.69, 9.17) is 32.7 Å². The molecule has 6 heteroatoms. The van der Waals surface area contributed by atoms with Gasteiger partial charge in [0, 0.05) is 65.3 Å². The van der Waals surface area contributed by atoms with Gasteiger partial charge in [-0.2, -0.15) is 4.58 Å². The van der Waals surface area contributed by atoms with Crippen molar-refractivity contribution in [2.45, 2.75) is 38.5 Å². The molecule has 0 saturated carbocycles. The van der Waals surface area contributed by atoms with E-state index in [-0.39, 0.29) is 10.8 Å². The first kappa shape index (κ1) is 29.4. The smallest absolute Gasteiger partial charge is 0.209 e. The van der Waals surface area contributed by atoms with Crippen molar-refractivity contribution in [3.8, 4) is 0 Å². The number of allylic oxidation sites excluding steroid dienone is 8. The number of hydrogen-bond acceptors (Lipinski definition) is 3. The Morgan fingerprint density at radius 3 is 2.15 bits per heavy atom. The van der Waals surface area contributed by atoms with Crippen LogP contribution in [0.5, 0.6) is 0 Å². The lowest BCUT2D eigenvalue weighted by atomic mass is 9.81. The molecule has 0 saturated heterocycles. The zero-order valence-electron chi connectivity index (χ0n) is 23.8. The summed E-state index contributed by atoms with van der Waals surface area (Å²) in [6, 6.07) is 12.3. The van der Waals surface area contributed by atoms with Gasteiger partial charge < -0.3 is 14.4 Å². The van der Waals surface area contributed by atoms with Crippen LogP contribution in [0.2, 0.25) is 10.0 Å². The summed E-state index contributed by atoms with van der Waals surface area (Å²) in [5, 5.41) is 1.52. The van der Waals surface area contributed by atoms with E-state index in [9.17, 15) is 0 Å². The van der Waals surface area contributed by atoms with Crippen LogP contribution in [-0.4, -0.2) is 50.8 Å². The lowest BCUT2D eigenvalue weighted by Crippen LogP contribution is -2.28. The quantitative estimate of drug-likeness (QED) is 0.215. The Morgan fingerprint density at radius 1 is 0.795 bits per heavy atom. The van der Waals surface area contributed by atoms with Gasteiger partial charge in [0.15, 0.2) is 12.3 Å². The van der Waals surface area contributed by atoms with Crippen molar-refractivity contribution in [3.63, 3.8) is 0 Å². The molecule has 0 atom stereocenters. The Bertz CT molecular complexity index is 1370. The first-order valence-electron chi connectivity index (χ1n) is 13.4. The third kappa shape index (κ3) is 5.95. The molecular weight excluding hydrogens is 527 g/mol. The van der Waals surface area contributed by atoms with Crippen LogP contribution in [0.3, 0.4) is 0 Å². The molecule has 0 fully saturated rings. The van der Waals surface area contributed by atoms with E-state index in [0.717, 1.165) is 23.1 Å². The second kappa shape index (κ2) is 12.3. The highest BCUT2D eigenvalue weighted by Gasteiger charge is 2.44. The summed E-state index contributed by atoms with van der Waals surface area (Å²) < 4.78 is 13.1. The molecule has 0 N–H and O–H groups in total. The van der Waals surface area contributed by atoms with Gasteiger partial charge >= 0.3 is 0 Å². The number of benzene rings is 2. The molecule has 39 heavy (non-hydrogen) atoms. The summed E-state index contributed by atoms with van der Waals surface area (Å²) in [4.78, 5) is 2.33. The molecule has 4 nitrogen and oxygen atoms in total. The molecule has 0 amide bonds. The minimum atomic E-state index is -0.157. The van der Waals surface area contributed by atoms with Crippen molar-refractivity contribution in [1.29, 1.82) is 0 Å². The van der Waals surface area contributed by atoms with Crippen molar-refractivity contribution in [2.24, 2.45) is 0 Å². The van der Waals surface area contributed by atoms with Gasteiger partial charge in [0.05, 0.1) is 12.0 Å². The average molecular weight is 567 g/mol. The van der Waals surface area contributed by atoms with Crippen LogP contribution in [0.15, 0.2) is 84.6 Å². The summed E-state index contributed by atoms with van der Waals surface area (Å²) >= 11 is 12.7. The topological polar surface area (TPSA) is 24.7 Å². The number of rotatable bonds is 10. The Kier molecular flexibility index (Phi) is 9.23. The van der Waals surface area contributed by atoms with Crippen molar-refractivity contribution in [2.75, 3.05) is 45.4 Å². The van der Waals surface area contributed by atoms with E-state index in [1.807, 2.05) is 12.1 Å². The fourth-order valence-corrected chi connectivity index (χ4v) is 5.97. The molecular formula is C33H39Cl2N2O2+. The number of halogens is 2. The highest BCUT2D eigenvalue weighted by molar-refractivity contribution is 6.31. The molecule has 0 aliphatic carbocycles. The zero-order valence-corrected chi connectivity index (χ0v) is 25.3. The SMILES string of the molecule is COCCN1C(=CC=CC=CC=CC2=[N+](CCOC)c3ccc(Cl)cc3C2(C)C)C(C)(C)c2cc(Cl)ccc21. The minimum Gasteiger partial charge on any atom is -0.383 e. The molecule has 0 bridgehead atoms. The average Bonchev–Trinajstić information content (AvgIpc) is 3.23. The molecule has 206 valence electrons. The molecule has 2 aromatic rings. The van der Waals surface area contributed by atoms with Crippen LogP contribution >= 0.6 is 23.2 Å². The third-order valence-corrected chi connectivity index (χ3v) is 8.17. The fourth-order valence-electron chi connectivity index (χ4n) is 5.63. The number of ether oxygens (including phenoxy) is 2. The lowest BCUT2D eigenvalue weighted by molar-refractivity contribution is -0.441. The predicted octanol–water partition coefficient (Wildman–Crippen LogP) is 8.01. The molecule has 2 aliphatic heterocycles. The molecule has 2 heterocycles. The van der Waals surface area contributed by atoms with Gasteiger partial charge in [-0.3, -0.25) is 0 Å². The second-order valence-electron chi connectivity index (χ2n) is 10.9. The Balaban J connectivity index is 1.53. The van der Waals surface area contributed by atoms with E-state index in [0.29, 0.717) is 13.2 Å². The number of fused-ring (bicyclic) bond motifs is 2. The monoisotopic (exact) mass is 565 g/mol. The second-order valence-corrected chi connectivity index (χ2v) is 11.8. The van der Waals surface area contributed by atoms with E-state index < -0.39 is 0 Å². The number of anilines is 1. The maximum absolute atomic E-state index is 6.35. The van der Waals surface area contributed by atoms with E-state index in [2.05, 4.69) is 104 Å². The van der Waals surface area contributed by atoms with E-state index in [1.54, 1.807) is 14.2 Å². The van der Waals surface area contributed by atoms with Gasteiger partial charge in [-0.25, -0.2) is 0 Å². The number of hydrogen-bond donors (Lipinski definition) is 0. The fraction of sp³-hybridized carbons (Fsp3) is 0.364.